The highest BCUT2D eigenvalue weighted by Crippen LogP contribution is 2.40. The molecule has 0 unspecified atom stereocenters. The first-order chi connectivity index (χ1) is 10.4. The lowest BCUT2D eigenvalue weighted by Crippen LogP contribution is -2.31. The second kappa shape index (κ2) is 5.68. The topological polar surface area (TPSA) is 63.4 Å². The Hall–Kier alpha value is -1.37. The smallest absolute Gasteiger partial charge is 0.249 e. The Morgan fingerprint density at radius 3 is 2.68 bits per heavy atom. The van der Waals surface area contributed by atoms with Crippen molar-refractivity contribution in [3.8, 4) is 0 Å². The molecule has 118 valence electrons. The van der Waals surface area contributed by atoms with Crippen molar-refractivity contribution in [2.45, 2.75) is 37.6 Å². The Balaban J connectivity index is 2.06. The van der Waals surface area contributed by atoms with Gasteiger partial charge in [0.2, 0.25) is 10.0 Å². The van der Waals surface area contributed by atoms with E-state index in [1.807, 2.05) is 18.2 Å². The minimum atomic E-state index is -3.65. The molecular formula is C15H17ClN2O3S. The molecule has 0 amide bonds. The first kappa shape index (κ1) is 15.5. The van der Waals surface area contributed by atoms with Crippen molar-refractivity contribution in [1.29, 1.82) is 0 Å². The maximum Gasteiger partial charge on any atom is 0.249 e. The molecule has 2 aromatic rings. The van der Waals surface area contributed by atoms with Gasteiger partial charge in [-0.25, -0.2) is 8.42 Å². The fraction of sp³-hybridized carbons (Fsp3) is 0.400. The van der Waals surface area contributed by atoms with Crippen LogP contribution in [-0.4, -0.2) is 24.4 Å². The molecule has 0 N–H and O–H groups in total. The molecule has 0 aliphatic carbocycles. The number of rotatable bonds is 3. The fourth-order valence-corrected chi connectivity index (χ4v) is 5.27. The Bertz CT molecular complexity index is 781. The summed E-state index contributed by atoms with van der Waals surface area (Å²) in [6, 6.07) is 7.14. The first-order valence-corrected chi connectivity index (χ1v) is 8.94. The standard InChI is InChI=1S/C15H17ClN2O3S/c1-10-15(11(2)21-17-10)22(19,20)18-9-5-8-14(18)12-6-3-4-7-13(12)16/h3-4,6-7,14H,5,8-9H2,1-2H3/t14-/m1/s1. The molecule has 5 nitrogen and oxygen atoms in total. The molecule has 0 bridgehead atoms. The van der Waals surface area contributed by atoms with Gasteiger partial charge in [0.15, 0.2) is 5.76 Å². The molecule has 0 saturated carbocycles. The quantitative estimate of drug-likeness (QED) is 0.858. The van der Waals surface area contributed by atoms with Gasteiger partial charge in [-0.15, -0.1) is 0 Å². The summed E-state index contributed by atoms with van der Waals surface area (Å²) < 4.78 is 32.6. The minimum Gasteiger partial charge on any atom is -0.360 e. The SMILES string of the molecule is Cc1noc(C)c1S(=O)(=O)N1CCC[C@@H]1c1ccccc1Cl. The van der Waals surface area contributed by atoms with Crippen LogP contribution in [0.1, 0.15) is 35.9 Å². The van der Waals surface area contributed by atoms with Gasteiger partial charge in [-0.3, -0.25) is 0 Å². The van der Waals surface area contributed by atoms with Crippen LogP contribution in [-0.2, 0) is 10.0 Å². The van der Waals surface area contributed by atoms with E-state index in [1.54, 1.807) is 19.9 Å². The van der Waals surface area contributed by atoms with Gasteiger partial charge in [0.1, 0.15) is 10.6 Å². The van der Waals surface area contributed by atoms with E-state index in [0.29, 0.717) is 23.0 Å². The van der Waals surface area contributed by atoms with Gasteiger partial charge >= 0.3 is 0 Å². The van der Waals surface area contributed by atoms with Crippen LogP contribution >= 0.6 is 11.6 Å². The zero-order valence-corrected chi connectivity index (χ0v) is 14.0. The Morgan fingerprint density at radius 1 is 1.32 bits per heavy atom. The van der Waals surface area contributed by atoms with Crippen molar-refractivity contribution in [3.63, 3.8) is 0 Å². The van der Waals surface area contributed by atoms with Crippen LogP contribution in [0, 0.1) is 13.8 Å². The Morgan fingerprint density at radius 2 is 2.05 bits per heavy atom. The number of aryl methyl sites for hydroxylation is 2. The summed E-state index contributed by atoms with van der Waals surface area (Å²) >= 11 is 6.25. The number of nitrogens with zero attached hydrogens (tertiary/aromatic N) is 2. The second-order valence-electron chi connectivity index (χ2n) is 5.45. The number of hydrogen-bond donors (Lipinski definition) is 0. The van der Waals surface area contributed by atoms with Gasteiger partial charge < -0.3 is 4.52 Å². The highest BCUT2D eigenvalue weighted by Gasteiger charge is 2.39. The molecule has 3 rings (SSSR count). The fourth-order valence-electron chi connectivity index (χ4n) is 3.04. The maximum atomic E-state index is 13.0. The highest BCUT2D eigenvalue weighted by molar-refractivity contribution is 7.89. The molecule has 1 saturated heterocycles. The summed E-state index contributed by atoms with van der Waals surface area (Å²) in [5.41, 5.74) is 1.24. The number of hydrogen-bond acceptors (Lipinski definition) is 4. The lowest BCUT2D eigenvalue weighted by Gasteiger charge is -2.24. The van der Waals surface area contributed by atoms with Crippen LogP contribution < -0.4 is 0 Å². The predicted octanol–water partition coefficient (Wildman–Crippen LogP) is 3.47. The molecule has 1 aromatic carbocycles. The van der Waals surface area contributed by atoms with E-state index in [1.165, 1.54) is 4.31 Å². The van der Waals surface area contributed by atoms with Crippen LogP contribution in [0.3, 0.4) is 0 Å². The Kier molecular flexibility index (Phi) is 4.01. The zero-order valence-electron chi connectivity index (χ0n) is 12.4. The lowest BCUT2D eigenvalue weighted by atomic mass is 10.1. The van der Waals surface area contributed by atoms with Crippen molar-refractivity contribution >= 4 is 21.6 Å². The molecule has 0 spiro atoms. The van der Waals surface area contributed by atoms with Crippen molar-refractivity contribution in [1.82, 2.24) is 9.46 Å². The summed E-state index contributed by atoms with van der Waals surface area (Å²) in [7, 11) is -3.65. The number of benzene rings is 1. The lowest BCUT2D eigenvalue weighted by molar-refractivity contribution is 0.384. The molecule has 1 atom stereocenters. The highest BCUT2D eigenvalue weighted by atomic mass is 35.5. The van der Waals surface area contributed by atoms with Crippen LogP contribution in [0.4, 0.5) is 0 Å². The van der Waals surface area contributed by atoms with E-state index < -0.39 is 10.0 Å². The summed E-state index contributed by atoms with van der Waals surface area (Å²) in [6.45, 7) is 3.74. The number of aromatic nitrogens is 1. The normalized spacial score (nSPS) is 19.7. The number of sulfonamides is 1. The molecule has 1 fully saturated rings. The molecule has 1 aliphatic rings. The maximum absolute atomic E-state index is 13.0. The van der Waals surface area contributed by atoms with Crippen molar-refractivity contribution in [2.24, 2.45) is 0 Å². The summed E-state index contributed by atoms with van der Waals surface area (Å²) in [6.07, 6.45) is 1.56. The van der Waals surface area contributed by atoms with E-state index in [2.05, 4.69) is 5.16 Å². The predicted molar refractivity (Wildman–Crippen MR) is 83.3 cm³/mol. The summed E-state index contributed by atoms with van der Waals surface area (Å²) in [5, 5.41) is 4.35. The van der Waals surface area contributed by atoms with Crippen molar-refractivity contribution in [3.05, 3.63) is 46.3 Å². The molecule has 1 aromatic heterocycles. The minimum absolute atomic E-state index is 0.173. The molecule has 7 heteroatoms. The van der Waals surface area contributed by atoms with Crippen molar-refractivity contribution < 1.29 is 12.9 Å². The average molecular weight is 341 g/mol. The number of halogens is 1. The zero-order chi connectivity index (χ0) is 15.9. The summed E-state index contributed by atoms with van der Waals surface area (Å²) in [4.78, 5) is 0.173. The Labute approximate surface area is 134 Å². The van der Waals surface area contributed by atoms with E-state index in [-0.39, 0.29) is 10.9 Å². The molecule has 22 heavy (non-hydrogen) atoms. The molecule has 1 aliphatic heterocycles. The van der Waals surface area contributed by atoms with Crippen LogP contribution in [0.5, 0.6) is 0 Å². The van der Waals surface area contributed by atoms with Gasteiger partial charge in [0, 0.05) is 11.6 Å². The van der Waals surface area contributed by atoms with Crippen LogP contribution in [0.15, 0.2) is 33.7 Å². The van der Waals surface area contributed by atoms with Gasteiger partial charge in [-0.2, -0.15) is 4.31 Å². The van der Waals surface area contributed by atoms with E-state index in [0.717, 1.165) is 18.4 Å². The van der Waals surface area contributed by atoms with E-state index in [4.69, 9.17) is 16.1 Å². The van der Waals surface area contributed by atoms with E-state index in [9.17, 15) is 8.42 Å². The van der Waals surface area contributed by atoms with Crippen LogP contribution in [0.25, 0.3) is 0 Å². The van der Waals surface area contributed by atoms with Crippen LogP contribution in [0.2, 0.25) is 5.02 Å². The van der Waals surface area contributed by atoms with E-state index >= 15 is 0 Å². The third kappa shape index (κ3) is 2.45. The average Bonchev–Trinajstić information content (AvgIpc) is 3.07. The monoisotopic (exact) mass is 340 g/mol. The largest absolute Gasteiger partial charge is 0.360 e. The summed E-state index contributed by atoms with van der Waals surface area (Å²) in [5.74, 6) is 0.322. The molecular weight excluding hydrogens is 324 g/mol. The van der Waals surface area contributed by atoms with Gasteiger partial charge in [-0.05, 0) is 38.3 Å². The third-order valence-electron chi connectivity index (χ3n) is 4.00. The van der Waals surface area contributed by atoms with Gasteiger partial charge in [0.05, 0.1) is 6.04 Å². The van der Waals surface area contributed by atoms with Crippen molar-refractivity contribution in [2.75, 3.05) is 6.54 Å². The molecule has 2 heterocycles. The first-order valence-electron chi connectivity index (χ1n) is 7.12. The molecule has 0 radical (unpaired) electrons. The third-order valence-corrected chi connectivity index (χ3v) is 6.50. The van der Waals surface area contributed by atoms with Gasteiger partial charge in [0.25, 0.3) is 0 Å². The second-order valence-corrected chi connectivity index (χ2v) is 7.68. The van der Waals surface area contributed by atoms with Gasteiger partial charge in [-0.1, -0.05) is 35.0 Å².